The molecule has 0 radical (unpaired) electrons. The van der Waals surface area contributed by atoms with Gasteiger partial charge in [-0.2, -0.15) is 0 Å². The molecule has 0 bridgehead atoms. The van der Waals surface area contributed by atoms with Crippen molar-refractivity contribution in [1.29, 1.82) is 0 Å². The van der Waals surface area contributed by atoms with E-state index >= 15 is 0 Å². The number of nitrogens with one attached hydrogen (secondary N) is 2. The summed E-state index contributed by atoms with van der Waals surface area (Å²) in [7, 11) is 0. The van der Waals surface area contributed by atoms with E-state index in [0.717, 1.165) is 5.56 Å². The van der Waals surface area contributed by atoms with Gasteiger partial charge in [-0.3, -0.25) is 14.8 Å². The third-order valence-electron chi connectivity index (χ3n) is 2.09. The molecule has 0 spiro atoms. The molecular weight excluding hydrogens is 208 g/mol. The van der Waals surface area contributed by atoms with Gasteiger partial charge in [0.15, 0.2) is 0 Å². The third kappa shape index (κ3) is 3.70. The predicted molar refractivity (Wildman–Crippen MR) is 57.7 cm³/mol. The lowest BCUT2D eigenvalue weighted by atomic mass is 10.1. The van der Waals surface area contributed by atoms with Crippen molar-refractivity contribution in [2.75, 3.05) is 0 Å². The Kier molecular flexibility index (Phi) is 4.47. The highest BCUT2D eigenvalue weighted by Gasteiger charge is 2.18. The second-order valence-corrected chi connectivity index (χ2v) is 3.42. The molecule has 0 saturated carbocycles. The monoisotopic (exact) mass is 222 g/mol. The summed E-state index contributed by atoms with van der Waals surface area (Å²) >= 11 is 0. The highest BCUT2D eigenvalue weighted by Crippen LogP contribution is 2.03. The fourth-order valence-electron chi connectivity index (χ4n) is 1.38. The normalized spacial score (nSPS) is 11.6. The van der Waals surface area contributed by atoms with E-state index in [-0.39, 0.29) is 5.91 Å². The lowest BCUT2D eigenvalue weighted by Crippen LogP contribution is -2.46. The molecule has 16 heavy (non-hydrogen) atoms. The van der Waals surface area contributed by atoms with Crippen LogP contribution in [0.3, 0.4) is 0 Å². The molecule has 0 unspecified atom stereocenters. The van der Waals surface area contributed by atoms with E-state index in [0.29, 0.717) is 6.42 Å². The molecule has 0 aliphatic carbocycles. The van der Waals surface area contributed by atoms with Crippen LogP contribution in [0.25, 0.3) is 0 Å². The van der Waals surface area contributed by atoms with Crippen LogP contribution in [-0.4, -0.2) is 23.1 Å². The van der Waals surface area contributed by atoms with Crippen LogP contribution in [0.15, 0.2) is 30.3 Å². The maximum absolute atomic E-state index is 11.3. The molecule has 0 aliphatic heterocycles. The van der Waals surface area contributed by atoms with Crippen molar-refractivity contribution >= 4 is 11.8 Å². The van der Waals surface area contributed by atoms with Gasteiger partial charge in [0.05, 0.1) is 0 Å². The number of rotatable bonds is 4. The second kappa shape index (κ2) is 5.87. The summed E-state index contributed by atoms with van der Waals surface area (Å²) in [4.78, 5) is 22.2. The number of amides is 2. The zero-order valence-electron chi connectivity index (χ0n) is 8.93. The molecular formula is C11H14N2O3. The lowest BCUT2D eigenvalue weighted by Gasteiger charge is -2.15. The summed E-state index contributed by atoms with van der Waals surface area (Å²) in [5.41, 5.74) is 2.44. The van der Waals surface area contributed by atoms with Crippen LogP contribution in [0.2, 0.25) is 0 Å². The summed E-state index contributed by atoms with van der Waals surface area (Å²) in [6, 6.07) is 8.49. The van der Waals surface area contributed by atoms with Gasteiger partial charge in [0.25, 0.3) is 5.91 Å². The van der Waals surface area contributed by atoms with Gasteiger partial charge < -0.3 is 5.32 Å². The van der Waals surface area contributed by atoms with Gasteiger partial charge in [0.2, 0.25) is 5.91 Å². The van der Waals surface area contributed by atoms with Crippen molar-refractivity contribution in [3.8, 4) is 0 Å². The minimum atomic E-state index is -0.759. The van der Waals surface area contributed by atoms with Crippen molar-refractivity contribution in [1.82, 2.24) is 10.8 Å². The standard InChI is InChI=1S/C11H14N2O3/c1-8(14)12-10(11(15)13-16)7-9-5-3-2-4-6-9/h2-6,10,16H,7H2,1H3,(H,12,14)(H,13,15)/t10-/m1/s1. The van der Waals surface area contributed by atoms with E-state index in [9.17, 15) is 9.59 Å². The van der Waals surface area contributed by atoms with Crippen LogP contribution in [-0.2, 0) is 16.0 Å². The Hall–Kier alpha value is -1.88. The number of carbonyl (C=O) groups excluding carboxylic acids is 2. The highest BCUT2D eigenvalue weighted by atomic mass is 16.5. The Balaban J connectivity index is 2.70. The van der Waals surface area contributed by atoms with Crippen LogP contribution in [0.5, 0.6) is 0 Å². The molecule has 1 rings (SSSR count). The van der Waals surface area contributed by atoms with E-state index in [1.54, 1.807) is 0 Å². The molecule has 3 N–H and O–H groups in total. The van der Waals surface area contributed by atoms with Gasteiger partial charge in [-0.05, 0) is 5.56 Å². The minimum absolute atomic E-state index is 0.315. The maximum Gasteiger partial charge on any atom is 0.266 e. The Labute approximate surface area is 93.4 Å². The van der Waals surface area contributed by atoms with Gasteiger partial charge in [-0.15, -0.1) is 0 Å². The maximum atomic E-state index is 11.3. The zero-order valence-corrected chi connectivity index (χ0v) is 8.93. The SMILES string of the molecule is CC(=O)N[C@H](Cc1ccccc1)C(=O)NO. The first kappa shape index (κ1) is 12.2. The van der Waals surface area contributed by atoms with Gasteiger partial charge in [0, 0.05) is 13.3 Å². The van der Waals surface area contributed by atoms with E-state index in [4.69, 9.17) is 5.21 Å². The molecule has 1 aromatic carbocycles. The van der Waals surface area contributed by atoms with Gasteiger partial charge in [-0.1, -0.05) is 30.3 Å². The van der Waals surface area contributed by atoms with Crippen molar-refractivity contribution in [2.45, 2.75) is 19.4 Å². The number of benzene rings is 1. The van der Waals surface area contributed by atoms with E-state index in [2.05, 4.69) is 5.32 Å². The topological polar surface area (TPSA) is 78.4 Å². The van der Waals surface area contributed by atoms with Gasteiger partial charge >= 0.3 is 0 Å². The number of hydrogen-bond acceptors (Lipinski definition) is 3. The van der Waals surface area contributed by atoms with Crippen LogP contribution >= 0.6 is 0 Å². The molecule has 2 amide bonds. The van der Waals surface area contributed by atoms with Crippen LogP contribution < -0.4 is 10.8 Å². The van der Waals surface area contributed by atoms with Crippen LogP contribution in [0.4, 0.5) is 0 Å². The average molecular weight is 222 g/mol. The predicted octanol–water partition coefficient (Wildman–Crippen LogP) is 0.239. The van der Waals surface area contributed by atoms with Crippen LogP contribution in [0.1, 0.15) is 12.5 Å². The smallest absolute Gasteiger partial charge is 0.266 e. The summed E-state index contributed by atoms with van der Waals surface area (Å²) in [5.74, 6) is -0.941. The molecule has 0 heterocycles. The van der Waals surface area contributed by atoms with Crippen molar-refractivity contribution in [2.24, 2.45) is 0 Å². The number of hydroxylamine groups is 1. The Morgan fingerprint density at radius 1 is 1.31 bits per heavy atom. The molecule has 0 saturated heterocycles. The first-order chi connectivity index (χ1) is 7.63. The van der Waals surface area contributed by atoms with Gasteiger partial charge in [-0.25, -0.2) is 5.48 Å². The van der Waals surface area contributed by atoms with Gasteiger partial charge in [0.1, 0.15) is 6.04 Å². The summed E-state index contributed by atoms with van der Waals surface area (Å²) in [6.07, 6.45) is 0.340. The first-order valence-electron chi connectivity index (χ1n) is 4.88. The molecule has 5 heteroatoms. The zero-order chi connectivity index (χ0) is 12.0. The fraction of sp³-hybridized carbons (Fsp3) is 0.273. The Morgan fingerprint density at radius 3 is 2.44 bits per heavy atom. The van der Waals surface area contributed by atoms with Crippen molar-refractivity contribution in [3.05, 3.63) is 35.9 Å². The number of hydrogen-bond donors (Lipinski definition) is 3. The lowest BCUT2D eigenvalue weighted by molar-refractivity contribution is -0.134. The molecule has 1 atom stereocenters. The first-order valence-corrected chi connectivity index (χ1v) is 4.88. The highest BCUT2D eigenvalue weighted by molar-refractivity contribution is 5.86. The molecule has 0 fully saturated rings. The van der Waals surface area contributed by atoms with E-state index in [1.165, 1.54) is 12.4 Å². The molecule has 0 aliphatic rings. The number of carbonyl (C=O) groups is 2. The quantitative estimate of drug-likeness (QED) is 0.504. The van der Waals surface area contributed by atoms with E-state index < -0.39 is 11.9 Å². The molecule has 86 valence electrons. The fourth-order valence-corrected chi connectivity index (χ4v) is 1.38. The average Bonchev–Trinajstić information content (AvgIpc) is 2.28. The Morgan fingerprint density at radius 2 is 1.94 bits per heavy atom. The molecule has 1 aromatic rings. The summed E-state index contributed by atoms with van der Waals surface area (Å²) < 4.78 is 0. The summed E-state index contributed by atoms with van der Waals surface area (Å²) in [6.45, 7) is 1.32. The van der Waals surface area contributed by atoms with Crippen LogP contribution in [0, 0.1) is 0 Å². The Bertz CT molecular complexity index is 365. The van der Waals surface area contributed by atoms with Crippen molar-refractivity contribution in [3.63, 3.8) is 0 Å². The van der Waals surface area contributed by atoms with Crippen molar-refractivity contribution < 1.29 is 14.8 Å². The minimum Gasteiger partial charge on any atom is -0.344 e. The summed E-state index contributed by atoms with van der Waals surface area (Å²) in [5, 5.41) is 11.0. The third-order valence-corrected chi connectivity index (χ3v) is 2.09. The molecule has 5 nitrogen and oxygen atoms in total. The second-order valence-electron chi connectivity index (χ2n) is 3.42. The largest absolute Gasteiger partial charge is 0.344 e. The molecule has 0 aromatic heterocycles. The van der Waals surface area contributed by atoms with E-state index in [1.807, 2.05) is 30.3 Å².